The first-order valence-electron chi connectivity index (χ1n) is 15.6. The Kier molecular flexibility index (Phi) is 6.42. The third-order valence-electron chi connectivity index (χ3n) is 9.77. The zero-order valence-corrected chi connectivity index (χ0v) is 27.5. The Bertz CT molecular complexity index is 2400. The number of rotatable bonds is 1. The van der Waals surface area contributed by atoms with E-state index in [0.717, 1.165) is 0 Å². The fraction of sp³-hybridized carbons (Fsp3) is 0.229. The van der Waals surface area contributed by atoms with Crippen LogP contribution in [0.2, 0.25) is 10.3 Å². The average Bonchev–Trinajstić information content (AvgIpc) is 3.81. The summed E-state index contributed by atoms with van der Waals surface area (Å²) in [6.45, 7) is 3.79. The lowest BCUT2D eigenvalue weighted by Gasteiger charge is -2.32. The standard InChI is InChI=1S/C35H26BCl2N5O6/c1-12(2)23-32-42-24-28(49-32)35(17-9-13(10-18(36)25(17)44)11-19(39)31(45)41-23)16-7-3-6-15(26(16)48-34(35)46)14-5-4-8-20-21(14)22(29(37)40-20)27-30(38)43-33(24)47-27/h3-10,12,19,23,34,40,44,46H,11,39H2,1-2H3,(H,41,45)/t19-,23-,34?,35-/m0/s1. The highest BCUT2D eigenvalue weighted by Gasteiger charge is 2.58. The Labute approximate surface area is 289 Å². The number of phenolic OH excluding ortho intramolecular Hbond substituents is 1. The maximum absolute atomic E-state index is 13.5. The van der Waals surface area contributed by atoms with Gasteiger partial charge < -0.3 is 39.8 Å². The second kappa shape index (κ2) is 10.4. The van der Waals surface area contributed by atoms with Gasteiger partial charge in [-0.2, -0.15) is 4.98 Å². The van der Waals surface area contributed by atoms with Gasteiger partial charge in [0.25, 0.3) is 5.89 Å². The predicted molar refractivity (Wildman–Crippen MR) is 182 cm³/mol. The third kappa shape index (κ3) is 4.02. The number of benzene rings is 3. The number of phenols is 1. The maximum Gasteiger partial charge on any atom is 0.250 e. The molecule has 3 aromatic carbocycles. The summed E-state index contributed by atoms with van der Waals surface area (Å²) in [5, 5.41) is 28.1. The molecule has 1 unspecified atom stereocenters. The number of H-pyrrole nitrogens is 1. The first-order valence-corrected chi connectivity index (χ1v) is 16.4. The molecule has 0 fully saturated rings. The van der Waals surface area contributed by atoms with Crippen LogP contribution in [0.15, 0.2) is 57.4 Å². The number of fused-ring (bicyclic) bond motifs is 8. The summed E-state index contributed by atoms with van der Waals surface area (Å²) < 4.78 is 19.6. The molecule has 1 amide bonds. The van der Waals surface area contributed by atoms with Gasteiger partial charge in [-0.3, -0.25) is 4.79 Å². The van der Waals surface area contributed by atoms with Crippen LogP contribution >= 0.6 is 23.2 Å². The van der Waals surface area contributed by atoms with Crippen molar-refractivity contribution in [1.29, 1.82) is 0 Å². The molecule has 3 aromatic heterocycles. The number of nitrogens with one attached hydrogen (secondary N) is 2. The third-order valence-corrected chi connectivity index (χ3v) is 10.3. The minimum Gasteiger partial charge on any atom is -0.508 e. The Balaban J connectivity index is 1.51. The molecule has 3 aliphatic heterocycles. The molecular weight excluding hydrogens is 668 g/mol. The van der Waals surface area contributed by atoms with Crippen LogP contribution in [0, 0.1) is 5.92 Å². The van der Waals surface area contributed by atoms with Crippen molar-refractivity contribution < 1.29 is 28.6 Å². The Morgan fingerprint density at radius 2 is 1.86 bits per heavy atom. The van der Waals surface area contributed by atoms with Crippen molar-refractivity contribution in [2.24, 2.45) is 11.7 Å². The van der Waals surface area contributed by atoms with Crippen LogP contribution in [0.5, 0.6) is 11.5 Å². The van der Waals surface area contributed by atoms with E-state index in [1.54, 1.807) is 18.2 Å². The smallest absolute Gasteiger partial charge is 0.250 e. The molecular formula is C35H26BCl2N5O6. The Morgan fingerprint density at radius 1 is 1.08 bits per heavy atom. The first-order chi connectivity index (χ1) is 23.5. The van der Waals surface area contributed by atoms with Gasteiger partial charge in [-0.1, -0.05) is 85.0 Å². The summed E-state index contributed by atoms with van der Waals surface area (Å²) in [4.78, 5) is 26.1. The first kappa shape index (κ1) is 30.3. The van der Waals surface area contributed by atoms with Crippen molar-refractivity contribution >= 4 is 53.3 Å². The van der Waals surface area contributed by atoms with E-state index >= 15 is 0 Å². The van der Waals surface area contributed by atoms with Crippen molar-refractivity contribution in [1.82, 2.24) is 20.3 Å². The maximum atomic E-state index is 13.5. The van der Waals surface area contributed by atoms with E-state index in [4.69, 9.17) is 55.3 Å². The van der Waals surface area contributed by atoms with Crippen LogP contribution in [0.1, 0.15) is 48.2 Å². The van der Waals surface area contributed by atoms with E-state index in [9.17, 15) is 15.0 Å². The van der Waals surface area contributed by atoms with E-state index in [0.29, 0.717) is 44.5 Å². The lowest BCUT2D eigenvalue weighted by Crippen LogP contribution is -2.45. The van der Waals surface area contributed by atoms with Gasteiger partial charge in [0, 0.05) is 27.6 Å². The summed E-state index contributed by atoms with van der Waals surface area (Å²) in [5.74, 6) is -0.467. The topological polar surface area (TPSA) is 173 Å². The van der Waals surface area contributed by atoms with Gasteiger partial charge in [0.1, 0.15) is 36.0 Å². The lowest BCUT2D eigenvalue weighted by molar-refractivity contribution is -0.123. The van der Waals surface area contributed by atoms with Crippen LogP contribution in [-0.4, -0.2) is 51.3 Å². The van der Waals surface area contributed by atoms with E-state index < -0.39 is 29.7 Å². The summed E-state index contributed by atoms with van der Waals surface area (Å²) in [6, 6.07) is 12.5. The molecule has 10 bridgehead atoms. The number of aromatic amines is 1. The van der Waals surface area contributed by atoms with Crippen molar-refractivity contribution in [2.75, 3.05) is 0 Å². The number of ether oxygens (including phenoxy) is 1. The fourth-order valence-corrected chi connectivity index (χ4v) is 8.00. The highest BCUT2D eigenvalue weighted by atomic mass is 35.5. The molecule has 6 heterocycles. The quantitative estimate of drug-likeness (QED) is 0.149. The minimum atomic E-state index is -1.80. The lowest BCUT2D eigenvalue weighted by atomic mass is 9.69. The van der Waals surface area contributed by atoms with Gasteiger partial charge in [0.15, 0.2) is 22.4 Å². The molecule has 9 rings (SSSR count). The van der Waals surface area contributed by atoms with Gasteiger partial charge >= 0.3 is 0 Å². The number of oxazole rings is 2. The highest BCUT2D eigenvalue weighted by molar-refractivity contribution is 6.37. The van der Waals surface area contributed by atoms with Gasteiger partial charge in [-0.05, 0) is 29.5 Å². The second-order valence-corrected chi connectivity index (χ2v) is 13.7. The Morgan fingerprint density at radius 3 is 2.65 bits per heavy atom. The van der Waals surface area contributed by atoms with Gasteiger partial charge in [-0.15, -0.1) is 0 Å². The minimum absolute atomic E-state index is 0.000400. The molecule has 49 heavy (non-hydrogen) atoms. The molecule has 6 N–H and O–H groups in total. The number of para-hydroxylation sites is 1. The van der Waals surface area contributed by atoms with Gasteiger partial charge in [0.2, 0.25) is 18.1 Å². The molecule has 3 aliphatic rings. The van der Waals surface area contributed by atoms with Gasteiger partial charge in [-0.25, -0.2) is 4.98 Å². The largest absolute Gasteiger partial charge is 0.508 e. The normalized spacial score (nSPS) is 22.2. The number of aromatic nitrogens is 3. The number of hydrogen-bond donors (Lipinski definition) is 5. The number of aliphatic hydroxyl groups is 1. The molecule has 11 nitrogen and oxygen atoms in total. The molecule has 0 saturated carbocycles. The van der Waals surface area contributed by atoms with Crippen LogP contribution in [0.25, 0.3) is 44.9 Å². The predicted octanol–water partition coefficient (Wildman–Crippen LogP) is 5.01. The van der Waals surface area contributed by atoms with Crippen LogP contribution in [0.3, 0.4) is 0 Å². The highest BCUT2D eigenvalue weighted by Crippen LogP contribution is 2.59. The number of nitrogens with zero attached hydrogens (tertiary/aromatic N) is 2. The molecule has 244 valence electrons. The number of carbonyl (C=O) groups excluding carboxylic acids is 1. The van der Waals surface area contributed by atoms with Crippen molar-refractivity contribution in [2.45, 2.75) is 44.1 Å². The zero-order chi connectivity index (χ0) is 34.1. The van der Waals surface area contributed by atoms with Crippen LogP contribution in [0.4, 0.5) is 0 Å². The number of halogens is 2. The van der Waals surface area contributed by atoms with E-state index in [1.807, 2.05) is 44.2 Å². The number of carbonyl (C=O) groups is 1. The summed E-state index contributed by atoms with van der Waals surface area (Å²) >= 11 is 13.7. The SMILES string of the molecule is [B]c1cc2cc(c1O)[C@]13c4cccc(c4OC1O)-c1cccc4[nH]c(Cl)c(c14)-c1oc(nc1Cl)-c1nc(oc13)[C@H](C(C)C)NC(=O)[C@@H](N)C2. The Hall–Kier alpha value is -4.75. The number of amides is 1. The molecule has 1 spiro atoms. The number of hydrogen-bond acceptors (Lipinski definition) is 9. The van der Waals surface area contributed by atoms with Crippen molar-refractivity contribution in [3.05, 3.63) is 87.2 Å². The van der Waals surface area contributed by atoms with Crippen molar-refractivity contribution in [3.63, 3.8) is 0 Å². The molecule has 0 aliphatic carbocycles. The van der Waals surface area contributed by atoms with Crippen LogP contribution < -0.4 is 21.3 Å². The van der Waals surface area contributed by atoms with E-state index in [1.165, 1.54) is 0 Å². The fourth-order valence-electron chi connectivity index (χ4n) is 7.51. The monoisotopic (exact) mass is 693 g/mol. The van der Waals surface area contributed by atoms with Gasteiger partial charge in [0.05, 0.1) is 11.6 Å². The number of aromatic hydroxyl groups is 1. The average molecular weight is 694 g/mol. The van der Waals surface area contributed by atoms with E-state index in [2.05, 4.69) is 15.3 Å². The van der Waals surface area contributed by atoms with Crippen LogP contribution in [-0.2, 0) is 16.6 Å². The van der Waals surface area contributed by atoms with Crippen molar-refractivity contribution in [3.8, 4) is 45.5 Å². The summed E-state index contributed by atoms with van der Waals surface area (Å²) in [6.07, 6.45) is -1.63. The molecule has 2 radical (unpaired) electrons. The molecule has 6 aromatic rings. The zero-order valence-electron chi connectivity index (χ0n) is 26.0. The summed E-state index contributed by atoms with van der Waals surface area (Å²) in [5.41, 5.74) is 8.25. The molecule has 14 heteroatoms. The summed E-state index contributed by atoms with van der Waals surface area (Å²) in [7, 11) is 6.44. The molecule has 4 atom stereocenters. The molecule has 0 saturated heterocycles. The second-order valence-electron chi connectivity index (χ2n) is 13.0. The number of nitrogens with two attached hydrogens (primary N) is 1. The van der Waals surface area contributed by atoms with E-state index in [-0.39, 0.29) is 68.4 Å². The number of aliphatic hydroxyl groups excluding tert-OH is 1.